The first-order valence-electron chi connectivity index (χ1n) is 6.07. The van der Waals surface area contributed by atoms with Crippen molar-refractivity contribution in [2.45, 2.75) is 36.3 Å². The van der Waals surface area contributed by atoms with E-state index in [9.17, 15) is 65.9 Å². The van der Waals surface area contributed by atoms with Crippen LogP contribution < -0.4 is 0 Å². The van der Waals surface area contributed by atoms with Crippen LogP contribution in [-0.2, 0) is 17.8 Å². The maximum absolute atomic E-state index is 13.2. The Morgan fingerprint density at radius 3 is 0.593 bits per heavy atom. The minimum Gasteiger partial charge on any atom is -0.191 e. The maximum atomic E-state index is 13.2. The summed E-state index contributed by atoms with van der Waals surface area (Å²) in [5.41, 5.74) is -8.85. The van der Waals surface area contributed by atoms with Crippen LogP contribution in [0.2, 0.25) is 0 Å². The number of hydrogen-bond donors (Lipinski definition) is 0. The minimum absolute atomic E-state index is 1.14. The number of hydrogen-bond acceptors (Lipinski definition) is 0. The summed E-state index contributed by atoms with van der Waals surface area (Å²) in [6, 6.07) is -3.43. The third-order valence-corrected chi connectivity index (χ3v) is 3.09. The highest BCUT2D eigenvalue weighted by atomic mass is 19.4. The van der Waals surface area contributed by atoms with E-state index in [2.05, 4.69) is 0 Å². The summed E-state index contributed by atoms with van der Waals surface area (Å²) in [4.78, 5) is 0. The molecule has 0 saturated heterocycles. The first-order valence-corrected chi connectivity index (χ1v) is 6.07. The first-order chi connectivity index (χ1) is 11.6. The standard InChI is InChI=1S/C12H3F15/c13-7(14,10(19,20)21)4-1-5(8(15,16)11(22,23)24)3-6(2-4)9(17,18)12(25,26)27/h1-3H. The maximum Gasteiger partial charge on any atom is 0.458 e. The van der Waals surface area contributed by atoms with E-state index in [1.165, 1.54) is 0 Å². The quantitative estimate of drug-likeness (QED) is 0.470. The Morgan fingerprint density at radius 1 is 0.333 bits per heavy atom. The Hall–Kier alpha value is -1.83. The molecule has 0 heterocycles. The van der Waals surface area contributed by atoms with E-state index in [0.717, 1.165) is 0 Å². The lowest BCUT2D eigenvalue weighted by Gasteiger charge is -2.27. The van der Waals surface area contributed by atoms with Crippen molar-refractivity contribution in [3.05, 3.63) is 34.9 Å². The molecule has 1 aromatic carbocycles. The van der Waals surface area contributed by atoms with E-state index in [-0.39, 0.29) is 0 Å². The fourth-order valence-electron chi connectivity index (χ4n) is 1.66. The molecule has 0 bridgehead atoms. The van der Waals surface area contributed by atoms with Crippen LogP contribution in [0.25, 0.3) is 0 Å². The van der Waals surface area contributed by atoms with E-state index in [1.807, 2.05) is 0 Å². The van der Waals surface area contributed by atoms with Crippen molar-refractivity contribution >= 4 is 0 Å². The van der Waals surface area contributed by atoms with E-state index in [4.69, 9.17) is 0 Å². The highest BCUT2D eigenvalue weighted by Crippen LogP contribution is 2.51. The SMILES string of the molecule is FC(F)(F)C(F)(F)c1cc(C(F)(F)C(F)(F)F)cc(C(F)(F)C(F)(F)F)c1. The Bertz CT molecular complexity index is 581. The zero-order chi connectivity index (χ0) is 21.9. The smallest absolute Gasteiger partial charge is 0.191 e. The summed E-state index contributed by atoms with van der Waals surface area (Å²) >= 11 is 0. The van der Waals surface area contributed by atoms with E-state index < -0.39 is 71.2 Å². The lowest BCUT2D eigenvalue weighted by atomic mass is 9.94. The molecule has 0 N–H and O–H groups in total. The predicted octanol–water partition coefficient (Wildman–Crippen LogP) is 6.65. The largest absolute Gasteiger partial charge is 0.458 e. The number of halogens is 15. The van der Waals surface area contributed by atoms with Gasteiger partial charge in [-0.1, -0.05) is 0 Å². The molecule has 0 saturated carbocycles. The molecule has 1 rings (SSSR count). The number of alkyl halides is 15. The molecule has 0 radical (unpaired) electrons. The van der Waals surface area contributed by atoms with Crippen LogP contribution in [0.4, 0.5) is 65.9 Å². The van der Waals surface area contributed by atoms with Gasteiger partial charge in [0, 0.05) is 16.7 Å². The van der Waals surface area contributed by atoms with E-state index >= 15 is 0 Å². The minimum atomic E-state index is -6.69. The Morgan fingerprint density at radius 2 is 0.481 bits per heavy atom. The third-order valence-electron chi connectivity index (χ3n) is 3.09. The van der Waals surface area contributed by atoms with Gasteiger partial charge in [0.2, 0.25) is 0 Å². The fourth-order valence-corrected chi connectivity index (χ4v) is 1.66. The molecule has 1 aromatic rings. The highest BCUT2D eigenvalue weighted by Gasteiger charge is 2.64. The second-order valence-corrected chi connectivity index (χ2v) is 5.02. The van der Waals surface area contributed by atoms with Crippen molar-refractivity contribution in [1.29, 1.82) is 0 Å². The lowest BCUT2D eigenvalue weighted by molar-refractivity contribution is -0.295. The van der Waals surface area contributed by atoms with Crippen LogP contribution in [0.1, 0.15) is 16.7 Å². The second-order valence-electron chi connectivity index (χ2n) is 5.02. The van der Waals surface area contributed by atoms with E-state index in [0.29, 0.717) is 0 Å². The molecule has 0 aliphatic rings. The molecule has 0 aromatic heterocycles. The summed E-state index contributed by atoms with van der Waals surface area (Å²) in [5, 5.41) is 0. The summed E-state index contributed by atoms with van der Waals surface area (Å²) < 4.78 is 190. The van der Waals surface area contributed by atoms with Crippen molar-refractivity contribution in [2.24, 2.45) is 0 Å². The molecule has 15 heteroatoms. The monoisotopic (exact) mass is 432 g/mol. The topological polar surface area (TPSA) is 0 Å². The zero-order valence-corrected chi connectivity index (χ0v) is 11.9. The molecule has 0 aliphatic carbocycles. The van der Waals surface area contributed by atoms with Gasteiger partial charge in [0.1, 0.15) is 0 Å². The van der Waals surface area contributed by atoms with Gasteiger partial charge in [-0.15, -0.1) is 0 Å². The van der Waals surface area contributed by atoms with Gasteiger partial charge in [0.05, 0.1) is 0 Å². The molecular weight excluding hydrogens is 429 g/mol. The van der Waals surface area contributed by atoms with Gasteiger partial charge < -0.3 is 0 Å². The van der Waals surface area contributed by atoms with Crippen LogP contribution in [0.15, 0.2) is 18.2 Å². The van der Waals surface area contributed by atoms with Crippen LogP contribution in [0.5, 0.6) is 0 Å². The van der Waals surface area contributed by atoms with Gasteiger partial charge in [-0.3, -0.25) is 0 Å². The summed E-state index contributed by atoms with van der Waals surface area (Å²) in [5.74, 6) is -18.9. The molecule has 0 fully saturated rings. The lowest BCUT2D eigenvalue weighted by Crippen LogP contribution is -2.38. The molecule has 27 heavy (non-hydrogen) atoms. The molecule has 0 amide bonds. The average Bonchev–Trinajstić information content (AvgIpc) is 2.43. The van der Waals surface area contributed by atoms with Gasteiger partial charge in [-0.2, -0.15) is 65.9 Å². The predicted molar refractivity (Wildman–Crippen MR) is 56.3 cm³/mol. The van der Waals surface area contributed by atoms with Crippen molar-refractivity contribution in [2.75, 3.05) is 0 Å². The molecular formula is C12H3F15. The third kappa shape index (κ3) is 3.90. The molecule has 0 unspecified atom stereocenters. The molecule has 0 atom stereocenters. The molecule has 0 nitrogen and oxygen atoms in total. The second kappa shape index (κ2) is 6.09. The summed E-state index contributed by atoms with van der Waals surface area (Å²) in [7, 11) is 0. The zero-order valence-electron chi connectivity index (χ0n) is 11.9. The Balaban J connectivity index is 3.90. The van der Waals surface area contributed by atoms with Crippen LogP contribution in [-0.4, -0.2) is 18.5 Å². The number of rotatable bonds is 3. The van der Waals surface area contributed by atoms with Crippen molar-refractivity contribution in [3.63, 3.8) is 0 Å². The summed E-state index contributed by atoms with van der Waals surface area (Å²) in [6.07, 6.45) is -20.1. The van der Waals surface area contributed by atoms with Gasteiger partial charge in [-0.25, -0.2) is 0 Å². The number of benzene rings is 1. The van der Waals surface area contributed by atoms with Gasteiger partial charge in [0.25, 0.3) is 0 Å². The normalized spacial score (nSPS) is 15.2. The van der Waals surface area contributed by atoms with E-state index in [1.54, 1.807) is 0 Å². The molecule has 0 spiro atoms. The van der Waals surface area contributed by atoms with Gasteiger partial charge in [0.15, 0.2) is 0 Å². The van der Waals surface area contributed by atoms with Crippen molar-refractivity contribution in [3.8, 4) is 0 Å². The first kappa shape index (κ1) is 23.2. The van der Waals surface area contributed by atoms with Crippen molar-refractivity contribution in [1.82, 2.24) is 0 Å². The summed E-state index contributed by atoms with van der Waals surface area (Å²) in [6.45, 7) is 0. The van der Waals surface area contributed by atoms with Crippen molar-refractivity contribution < 1.29 is 65.9 Å². The van der Waals surface area contributed by atoms with Crippen LogP contribution in [0.3, 0.4) is 0 Å². The highest BCUT2D eigenvalue weighted by molar-refractivity contribution is 5.39. The average molecular weight is 432 g/mol. The fraction of sp³-hybridized carbons (Fsp3) is 0.500. The van der Waals surface area contributed by atoms with Gasteiger partial charge in [-0.05, 0) is 18.2 Å². The molecule has 0 aliphatic heterocycles. The Labute approximate surface area is 138 Å². The Kier molecular flexibility index (Phi) is 5.23. The van der Waals surface area contributed by atoms with Crippen LogP contribution in [0, 0.1) is 0 Å². The van der Waals surface area contributed by atoms with Gasteiger partial charge >= 0.3 is 36.3 Å². The molecule has 156 valence electrons. The van der Waals surface area contributed by atoms with Crippen LogP contribution >= 0.6 is 0 Å².